The molecule has 3 heterocycles. The van der Waals surface area contributed by atoms with E-state index in [2.05, 4.69) is 25.1 Å². The smallest absolute Gasteiger partial charge is 0.259 e. The van der Waals surface area contributed by atoms with E-state index in [-0.39, 0.29) is 5.56 Å². The van der Waals surface area contributed by atoms with Crippen LogP contribution in [0.5, 0.6) is 0 Å². The highest BCUT2D eigenvalue weighted by Crippen LogP contribution is 2.25. The summed E-state index contributed by atoms with van der Waals surface area (Å²) in [5, 5.41) is 4.54. The van der Waals surface area contributed by atoms with E-state index in [0.717, 1.165) is 57.8 Å². The summed E-state index contributed by atoms with van der Waals surface area (Å²) in [6, 6.07) is 0. The lowest BCUT2D eigenvalue weighted by atomic mass is 10.2. The normalized spacial score (nSPS) is 16.0. The summed E-state index contributed by atoms with van der Waals surface area (Å²) in [4.78, 5) is 26.4. The van der Waals surface area contributed by atoms with Crippen molar-refractivity contribution in [3.63, 3.8) is 0 Å². The highest BCUT2D eigenvalue weighted by Gasteiger charge is 2.20. The Morgan fingerprint density at radius 3 is 2.70 bits per heavy atom. The Labute approximate surface area is 144 Å². The zero-order valence-electron chi connectivity index (χ0n) is 13.6. The molecule has 3 rings (SSSR count). The van der Waals surface area contributed by atoms with Gasteiger partial charge in [0.05, 0.1) is 11.9 Å². The Morgan fingerprint density at radius 2 is 2.04 bits per heavy atom. The van der Waals surface area contributed by atoms with Crippen LogP contribution in [0.3, 0.4) is 0 Å². The number of rotatable bonds is 2. The molecule has 8 heteroatoms. The van der Waals surface area contributed by atoms with Crippen molar-refractivity contribution in [1.82, 2.24) is 25.1 Å². The first-order valence-corrected chi connectivity index (χ1v) is 8.90. The number of hydrogen-bond acceptors (Lipinski definition) is 5. The van der Waals surface area contributed by atoms with Crippen molar-refractivity contribution >= 4 is 38.9 Å². The van der Waals surface area contributed by atoms with Crippen LogP contribution in [0.25, 0.3) is 10.2 Å². The van der Waals surface area contributed by atoms with Crippen molar-refractivity contribution in [2.75, 3.05) is 33.2 Å². The fourth-order valence-corrected chi connectivity index (χ4v) is 4.08. The number of aromatic nitrogens is 2. The van der Waals surface area contributed by atoms with Crippen molar-refractivity contribution in [3.05, 3.63) is 26.6 Å². The second-order valence-electron chi connectivity index (χ2n) is 5.79. The van der Waals surface area contributed by atoms with Gasteiger partial charge in [-0.3, -0.25) is 9.69 Å². The molecule has 124 valence electrons. The molecule has 1 fully saturated rings. The minimum absolute atomic E-state index is 0.0261. The topological polar surface area (TPSA) is 64.3 Å². The summed E-state index contributed by atoms with van der Waals surface area (Å²) in [6.45, 7) is 8.28. The molecule has 0 aliphatic carbocycles. The van der Waals surface area contributed by atoms with Crippen molar-refractivity contribution < 1.29 is 0 Å². The number of nitrogens with one attached hydrogen (secondary N) is 2. The quantitative estimate of drug-likeness (QED) is 0.794. The monoisotopic (exact) mass is 351 g/mol. The molecule has 2 aromatic rings. The number of piperazine rings is 1. The van der Waals surface area contributed by atoms with E-state index in [0.29, 0.717) is 6.54 Å². The van der Waals surface area contributed by atoms with Crippen LogP contribution in [0.2, 0.25) is 0 Å². The Morgan fingerprint density at radius 1 is 1.35 bits per heavy atom. The van der Waals surface area contributed by atoms with Crippen molar-refractivity contribution in [2.24, 2.45) is 0 Å². The van der Waals surface area contributed by atoms with Gasteiger partial charge in [0.2, 0.25) is 0 Å². The molecular formula is C15H21N5OS2. The molecule has 0 atom stereocenters. The minimum Gasteiger partial charge on any atom is -0.366 e. The number of H-pyrrole nitrogens is 1. The highest BCUT2D eigenvalue weighted by atomic mass is 32.1. The van der Waals surface area contributed by atoms with Crippen molar-refractivity contribution in [1.29, 1.82) is 0 Å². The summed E-state index contributed by atoms with van der Waals surface area (Å²) in [5.41, 5.74) is 1.02. The summed E-state index contributed by atoms with van der Waals surface area (Å²) >= 11 is 6.86. The zero-order chi connectivity index (χ0) is 16.6. The number of thiocarbonyl (C=S) groups is 1. The van der Waals surface area contributed by atoms with E-state index in [1.54, 1.807) is 11.3 Å². The molecule has 0 bridgehead atoms. The second-order valence-corrected chi connectivity index (χ2v) is 7.38. The molecule has 0 spiro atoms. The van der Waals surface area contributed by atoms with Gasteiger partial charge in [-0.1, -0.05) is 0 Å². The Kier molecular flexibility index (Phi) is 4.65. The van der Waals surface area contributed by atoms with Crippen molar-refractivity contribution in [3.8, 4) is 0 Å². The molecule has 1 aliphatic heterocycles. The average Bonchev–Trinajstić information content (AvgIpc) is 2.82. The predicted molar refractivity (Wildman–Crippen MR) is 98.2 cm³/mol. The number of thiophene rings is 1. The molecule has 0 radical (unpaired) electrons. The van der Waals surface area contributed by atoms with Gasteiger partial charge in [-0.25, -0.2) is 4.98 Å². The second kappa shape index (κ2) is 6.54. The first-order valence-electron chi connectivity index (χ1n) is 7.67. The van der Waals surface area contributed by atoms with Gasteiger partial charge in [0, 0.05) is 38.1 Å². The average molecular weight is 352 g/mol. The van der Waals surface area contributed by atoms with E-state index < -0.39 is 0 Å². The van der Waals surface area contributed by atoms with Crippen LogP contribution in [0.15, 0.2) is 4.79 Å². The van der Waals surface area contributed by atoms with Gasteiger partial charge in [-0.2, -0.15) is 0 Å². The van der Waals surface area contributed by atoms with Gasteiger partial charge in [0.1, 0.15) is 10.7 Å². The Hall–Kier alpha value is -1.51. The standard InChI is InChI=1S/C15H21N5OS2/c1-9-10(2)23-14-12(9)13(21)17-11(18-14)8-19-4-6-20(7-5-19)15(22)16-3/h4-8H2,1-3H3,(H,16,22)(H,17,18,21). The summed E-state index contributed by atoms with van der Waals surface area (Å²) < 4.78 is 0. The van der Waals surface area contributed by atoms with Gasteiger partial charge in [0.15, 0.2) is 5.11 Å². The lowest BCUT2D eigenvalue weighted by Crippen LogP contribution is -2.50. The molecule has 0 unspecified atom stereocenters. The van der Waals surface area contributed by atoms with E-state index in [4.69, 9.17) is 12.2 Å². The van der Waals surface area contributed by atoms with Gasteiger partial charge < -0.3 is 15.2 Å². The lowest BCUT2D eigenvalue weighted by molar-refractivity contribution is 0.171. The SMILES string of the molecule is CNC(=S)N1CCN(Cc2nc3sc(C)c(C)c3c(=O)[nH]2)CC1. The number of nitrogens with zero attached hydrogens (tertiary/aromatic N) is 3. The minimum atomic E-state index is -0.0261. The Bertz CT molecular complexity index is 789. The molecule has 23 heavy (non-hydrogen) atoms. The maximum absolute atomic E-state index is 12.3. The van der Waals surface area contributed by atoms with Gasteiger partial charge in [0.25, 0.3) is 5.56 Å². The van der Waals surface area contributed by atoms with Crippen LogP contribution < -0.4 is 10.9 Å². The lowest BCUT2D eigenvalue weighted by Gasteiger charge is -2.35. The first-order chi connectivity index (χ1) is 11.0. The molecule has 1 aliphatic rings. The molecule has 0 amide bonds. The first kappa shape index (κ1) is 16.4. The van der Waals surface area contributed by atoms with Crippen LogP contribution in [0.4, 0.5) is 0 Å². The Balaban J connectivity index is 1.73. The van der Waals surface area contributed by atoms with Gasteiger partial charge >= 0.3 is 0 Å². The van der Waals surface area contributed by atoms with Crippen LogP contribution in [-0.2, 0) is 6.54 Å². The van der Waals surface area contributed by atoms with E-state index >= 15 is 0 Å². The molecule has 0 saturated carbocycles. The molecular weight excluding hydrogens is 330 g/mol. The number of aromatic amines is 1. The molecule has 2 aromatic heterocycles. The third kappa shape index (κ3) is 3.24. The molecule has 6 nitrogen and oxygen atoms in total. The third-order valence-corrected chi connectivity index (χ3v) is 5.90. The van der Waals surface area contributed by atoms with Crippen LogP contribution in [0, 0.1) is 13.8 Å². The van der Waals surface area contributed by atoms with Crippen LogP contribution in [-0.4, -0.2) is 58.1 Å². The maximum Gasteiger partial charge on any atom is 0.259 e. The van der Waals surface area contributed by atoms with E-state index in [1.807, 2.05) is 20.9 Å². The fraction of sp³-hybridized carbons (Fsp3) is 0.533. The van der Waals surface area contributed by atoms with E-state index in [9.17, 15) is 4.79 Å². The third-order valence-electron chi connectivity index (χ3n) is 4.33. The number of aryl methyl sites for hydroxylation is 2. The largest absolute Gasteiger partial charge is 0.366 e. The van der Waals surface area contributed by atoms with Crippen LogP contribution in [0.1, 0.15) is 16.3 Å². The molecule has 2 N–H and O–H groups in total. The molecule has 1 saturated heterocycles. The summed E-state index contributed by atoms with van der Waals surface area (Å²) in [5.74, 6) is 0.744. The zero-order valence-corrected chi connectivity index (χ0v) is 15.2. The maximum atomic E-state index is 12.3. The van der Waals surface area contributed by atoms with Crippen molar-refractivity contribution in [2.45, 2.75) is 20.4 Å². The summed E-state index contributed by atoms with van der Waals surface area (Å²) in [7, 11) is 1.85. The predicted octanol–water partition coefficient (Wildman–Crippen LogP) is 1.22. The van der Waals surface area contributed by atoms with Gasteiger partial charge in [-0.05, 0) is 31.6 Å². The van der Waals surface area contributed by atoms with Gasteiger partial charge in [-0.15, -0.1) is 11.3 Å². The highest BCUT2D eigenvalue weighted by molar-refractivity contribution is 7.80. The van der Waals surface area contributed by atoms with E-state index in [1.165, 1.54) is 0 Å². The fourth-order valence-electron chi connectivity index (χ4n) is 2.85. The summed E-state index contributed by atoms with van der Waals surface area (Å²) in [6.07, 6.45) is 0. The number of fused-ring (bicyclic) bond motifs is 1. The van der Waals surface area contributed by atoms with Crippen LogP contribution >= 0.6 is 23.6 Å². The number of hydrogen-bond donors (Lipinski definition) is 2. The molecule has 0 aromatic carbocycles.